The van der Waals surface area contributed by atoms with Crippen molar-refractivity contribution in [2.75, 3.05) is 0 Å². The molecule has 0 aliphatic rings. The summed E-state index contributed by atoms with van der Waals surface area (Å²) in [6.07, 6.45) is 0. The molecule has 0 fully saturated rings. The largest absolute Gasteiger partial charge is 0.368 e. The molecule has 84 valence electrons. The summed E-state index contributed by atoms with van der Waals surface area (Å²) >= 11 is 1.67. The first kappa shape index (κ1) is 12.1. The van der Waals surface area contributed by atoms with Gasteiger partial charge in [-0.2, -0.15) is 0 Å². The first-order valence-corrected chi connectivity index (χ1v) is 5.72. The Hall–Kier alpha value is -0.940. The lowest BCUT2D eigenvalue weighted by atomic mass is 10.2. The maximum atomic E-state index is 10.9. The Kier molecular flexibility index (Phi) is 3.82. The average Bonchev–Trinajstić information content (AvgIpc) is 2.44. The van der Waals surface area contributed by atoms with Gasteiger partial charge in [0.1, 0.15) is 0 Å². The number of nitrogens with one attached hydrogen (secondary N) is 1. The monoisotopic (exact) mass is 227 g/mol. The molecular formula is C10H17N3OS. The second-order valence-electron chi connectivity index (χ2n) is 3.69. The van der Waals surface area contributed by atoms with Gasteiger partial charge >= 0.3 is 0 Å². The third kappa shape index (κ3) is 3.00. The van der Waals surface area contributed by atoms with Crippen molar-refractivity contribution in [3.05, 3.63) is 15.6 Å². The normalized spacial score (nSPS) is 14.9. The summed E-state index contributed by atoms with van der Waals surface area (Å²) in [4.78, 5) is 16.5. The number of nitrogens with zero attached hydrogens (tertiary/aromatic N) is 1. The van der Waals surface area contributed by atoms with Crippen LogP contribution in [0.3, 0.4) is 0 Å². The van der Waals surface area contributed by atoms with Crippen molar-refractivity contribution in [2.24, 2.45) is 5.73 Å². The van der Waals surface area contributed by atoms with Crippen LogP contribution in [0.1, 0.15) is 35.5 Å². The summed E-state index contributed by atoms with van der Waals surface area (Å²) in [5.74, 6) is -0.341. The summed E-state index contributed by atoms with van der Waals surface area (Å²) in [5, 5.41) is 4.16. The highest BCUT2D eigenvalue weighted by molar-refractivity contribution is 7.11. The van der Waals surface area contributed by atoms with Crippen LogP contribution in [0, 0.1) is 13.8 Å². The molecule has 4 nitrogen and oxygen atoms in total. The van der Waals surface area contributed by atoms with Gasteiger partial charge < -0.3 is 5.73 Å². The van der Waals surface area contributed by atoms with E-state index in [4.69, 9.17) is 5.73 Å². The molecule has 0 aliphatic heterocycles. The third-order valence-electron chi connectivity index (χ3n) is 2.28. The molecule has 15 heavy (non-hydrogen) atoms. The third-order valence-corrected chi connectivity index (χ3v) is 3.18. The van der Waals surface area contributed by atoms with Crippen molar-refractivity contribution < 1.29 is 4.79 Å². The Morgan fingerprint density at radius 3 is 2.47 bits per heavy atom. The summed E-state index contributed by atoms with van der Waals surface area (Å²) in [7, 11) is 0. The lowest BCUT2D eigenvalue weighted by Crippen LogP contribution is -2.40. The summed E-state index contributed by atoms with van der Waals surface area (Å²) < 4.78 is 0. The second-order valence-corrected chi connectivity index (χ2v) is 5.09. The van der Waals surface area contributed by atoms with Crippen molar-refractivity contribution in [1.82, 2.24) is 10.3 Å². The van der Waals surface area contributed by atoms with Crippen LogP contribution in [0.2, 0.25) is 0 Å². The first-order valence-electron chi connectivity index (χ1n) is 4.91. The standard InChI is InChI=1S/C10H17N3OS/c1-5(12-6(2)10(11)14)9-7(3)15-8(4)13-9/h5-6,12H,1-4H3,(H2,11,14). The molecule has 1 aromatic rings. The molecule has 1 heterocycles. The molecule has 0 radical (unpaired) electrons. The summed E-state index contributed by atoms with van der Waals surface area (Å²) in [5.41, 5.74) is 6.19. The van der Waals surface area contributed by atoms with Crippen LogP contribution in [0.15, 0.2) is 0 Å². The van der Waals surface area contributed by atoms with E-state index in [1.807, 2.05) is 20.8 Å². The van der Waals surface area contributed by atoms with Crippen molar-refractivity contribution in [3.63, 3.8) is 0 Å². The van der Waals surface area contributed by atoms with Crippen LogP contribution < -0.4 is 11.1 Å². The fourth-order valence-corrected chi connectivity index (χ4v) is 2.40. The second kappa shape index (κ2) is 4.72. The van der Waals surface area contributed by atoms with Crippen molar-refractivity contribution in [1.29, 1.82) is 0 Å². The number of thiazole rings is 1. The molecule has 0 saturated carbocycles. The Labute approximate surface area is 93.9 Å². The SMILES string of the molecule is Cc1nc(C(C)NC(C)C(N)=O)c(C)s1. The van der Waals surface area contributed by atoms with Crippen LogP contribution in [-0.4, -0.2) is 16.9 Å². The number of hydrogen-bond donors (Lipinski definition) is 2. The number of nitrogens with two attached hydrogens (primary N) is 1. The van der Waals surface area contributed by atoms with Gasteiger partial charge in [-0.25, -0.2) is 4.98 Å². The summed E-state index contributed by atoms with van der Waals surface area (Å²) in [6.45, 7) is 7.76. The zero-order valence-corrected chi connectivity index (χ0v) is 10.3. The predicted octanol–water partition coefficient (Wildman–Crippen LogP) is 1.28. The van der Waals surface area contributed by atoms with Gasteiger partial charge in [0.2, 0.25) is 5.91 Å². The molecule has 5 heteroatoms. The van der Waals surface area contributed by atoms with E-state index in [0.29, 0.717) is 0 Å². The summed E-state index contributed by atoms with van der Waals surface area (Å²) in [6, 6.07) is -0.279. The van der Waals surface area contributed by atoms with Crippen LogP contribution in [0.4, 0.5) is 0 Å². The van der Waals surface area contributed by atoms with E-state index in [1.54, 1.807) is 18.3 Å². The van der Waals surface area contributed by atoms with Gasteiger partial charge in [0.05, 0.1) is 16.7 Å². The van der Waals surface area contributed by atoms with Crippen molar-refractivity contribution >= 4 is 17.2 Å². The van der Waals surface area contributed by atoms with E-state index in [2.05, 4.69) is 10.3 Å². The number of rotatable bonds is 4. The topological polar surface area (TPSA) is 68.0 Å². The van der Waals surface area contributed by atoms with Gasteiger partial charge in [-0.1, -0.05) is 0 Å². The van der Waals surface area contributed by atoms with Gasteiger partial charge in [0.25, 0.3) is 0 Å². The molecule has 1 rings (SSSR count). The minimum atomic E-state index is -0.341. The molecule has 2 unspecified atom stereocenters. The minimum absolute atomic E-state index is 0.0532. The van der Waals surface area contributed by atoms with E-state index in [0.717, 1.165) is 10.7 Å². The van der Waals surface area contributed by atoms with Crippen LogP contribution >= 0.6 is 11.3 Å². The lowest BCUT2D eigenvalue weighted by Gasteiger charge is -2.16. The maximum Gasteiger partial charge on any atom is 0.234 e. The molecule has 1 amide bonds. The van der Waals surface area contributed by atoms with E-state index in [9.17, 15) is 4.79 Å². The van der Waals surface area contributed by atoms with Crippen LogP contribution in [-0.2, 0) is 4.79 Å². The molecule has 0 spiro atoms. The zero-order chi connectivity index (χ0) is 11.6. The first-order chi connectivity index (χ1) is 6.91. The number of aromatic nitrogens is 1. The van der Waals surface area contributed by atoms with Gasteiger partial charge in [-0.05, 0) is 27.7 Å². The van der Waals surface area contributed by atoms with Crippen molar-refractivity contribution in [2.45, 2.75) is 39.8 Å². The Morgan fingerprint density at radius 1 is 1.47 bits per heavy atom. The zero-order valence-electron chi connectivity index (χ0n) is 9.50. The number of primary amides is 1. The van der Waals surface area contributed by atoms with E-state index >= 15 is 0 Å². The highest BCUT2D eigenvalue weighted by Crippen LogP contribution is 2.22. The number of carbonyl (C=O) groups excluding carboxylic acids is 1. The molecule has 0 aliphatic carbocycles. The highest BCUT2D eigenvalue weighted by Gasteiger charge is 2.17. The number of amides is 1. The molecular weight excluding hydrogens is 210 g/mol. The quantitative estimate of drug-likeness (QED) is 0.814. The number of carbonyl (C=O) groups is 1. The molecule has 0 bridgehead atoms. The smallest absolute Gasteiger partial charge is 0.234 e. The molecule has 2 atom stereocenters. The molecule has 0 aromatic carbocycles. The predicted molar refractivity (Wildman–Crippen MR) is 61.8 cm³/mol. The van der Waals surface area contributed by atoms with Gasteiger partial charge in [0.15, 0.2) is 0 Å². The van der Waals surface area contributed by atoms with Crippen molar-refractivity contribution in [3.8, 4) is 0 Å². The maximum absolute atomic E-state index is 10.9. The number of aryl methyl sites for hydroxylation is 2. The van der Waals surface area contributed by atoms with Gasteiger partial charge in [-0.15, -0.1) is 11.3 Å². The highest BCUT2D eigenvalue weighted by atomic mass is 32.1. The van der Waals surface area contributed by atoms with Crippen LogP contribution in [0.25, 0.3) is 0 Å². The van der Waals surface area contributed by atoms with Gasteiger partial charge in [-0.3, -0.25) is 10.1 Å². The average molecular weight is 227 g/mol. The van der Waals surface area contributed by atoms with E-state index < -0.39 is 0 Å². The van der Waals surface area contributed by atoms with E-state index in [1.165, 1.54) is 4.88 Å². The number of hydrogen-bond acceptors (Lipinski definition) is 4. The fourth-order valence-electron chi connectivity index (χ4n) is 1.48. The van der Waals surface area contributed by atoms with Gasteiger partial charge in [0, 0.05) is 10.9 Å². The Morgan fingerprint density at radius 2 is 2.07 bits per heavy atom. The molecule has 1 aromatic heterocycles. The lowest BCUT2D eigenvalue weighted by molar-refractivity contribution is -0.119. The molecule has 0 saturated heterocycles. The van der Waals surface area contributed by atoms with E-state index in [-0.39, 0.29) is 18.0 Å². The van der Waals surface area contributed by atoms with Crippen LogP contribution in [0.5, 0.6) is 0 Å². The fraction of sp³-hybridized carbons (Fsp3) is 0.600. The Balaban J connectivity index is 2.72. The molecule has 3 N–H and O–H groups in total. The Bertz CT molecular complexity index is 362. The minimum Gasteiger partial charge on any atom is -0.368 e.